The van der Waals surface area contributed by atoms with Crippen molar-refractivity contribution in [2.75, 3.05) is 92.9 Å². The number of amides is 2. The number of nitrogens with zero attached hydrogens (tertiary/aromatic N) is 2. The second kappa shape index (κ2) is 34.4. The van der Waals surface area contributed by atoms with Gasteiger partial charge in [0.1, 0.15) is 54.4 Å². The first-order chi connectivity index (χ1) is 45.6. The number of benzene rings is 5. The predicted molar refractivity (Wildman–Crippen MR) is 355 cm³/mol. The molecule has 0 bridgehead atoms. The van der Waals surface area contributed by atoms with Crippen LogP contribution >= 0.6 is 14.7 Å². The first-order valence-electron chi connectivity index (χ1n) is 31.7. The number of ether oxygens (including phenoxy) is 10. The number of aliphatic hydroxyl groups is 2. The minimum atomic E-state index is -4.12. The third kappa shape index (κ3) is 22.1. The van der Waals surface area contributed by atoms with E-state index in [-0.39, 0.29) is 104 Å². The highest BCUT2D eigenvalue weighted by molar-refractivity contribution is 7.89. The molecule has 9 rings (SSSR count). The monoisotopic (exact) mass is 1420 g/mol. The zero-order chi connectivity index (χ0) is 69.4. The molecule has 0 spiro atoms. The van der Waals surface area contributed by atoms with Crippen LogP contribution in [0.5, 0.6) is 28.7 Å². The lowest BCUT2D eigenvalue weighted by molar-refractivity contribution is -0.0909. The Bertz CT molecular complexity index is 3610. The average molecular weight is 1420 g/mol. The van der Waals surface area contributed by atoms with E-state index in [9.17, 15) is 50.7 Å². The molecule has 4 fully saturated rings. The Hall–Kier alpha value is -6.36. The van der Waals surface area contributed by atoms with Gasteiger partial charge in [-0.25, -0.2) is 31.0 Å². The van der Waals surface area contributed by atoms with Crippen LogP contribution in [0.1, 0.15) is 51.7 Å². The van der Waals surface area contributed by atoms with Crippen molar-refractivity contribution in [1.82, 2.24) is 19.2 Å². The molecule has 4 aliphatic rings. The summed E-state index contributed by atoms with van der Waals surface area (Å²) in [7, 11) is -11.6. The highest BCUT2D eigenvalue weighted by Gasteiger charge is 2.46. The SMILES string of the molecule is COc1ccc(S(=O)(=O)N(CC(C)C)C[C@@H](O)[C@H](Cc2ccc(OCP(=O)(O)Oc3ccccc3)cc2)NC(=O)O[C@H]2CO[C@H]3OCC[C@H]32)cc1.COc1ccc(S(=O)(=O)N(CC(C)C)C[C@@H](O)[C@H](Cc2ccc(OCP(C)(C)=O)cc2)NC(=O)O[C@H]2CO[C@H]3OCC[C@H]32)cc1. The zero-order valence-corrected chi connectivity index (χ0v) is 58.6. The molecule has 5 aromatic carbocycles. The van der Waals surface area contributed by atoms with E-state index in [0.29, 0.717) is 48.9 Å². The predicted octanol–water partition coefficient (Wildman–Crippen LogP) is 8.16. The van der Waals surface area contributed by atoms with Gasteiger partial charge in [-0.05, 0) is 147 Å². The molecule has 4 heterocycles. The van der Waals surface area contributed by atoms with Crippen molar-refractivity contribution in [3.63, 3.8) is 0 Å². The largest absolute Gasteiger partial charge is 0.497 e. The van der Waals surface area contributed by atoms with Gasteiger partial charge in [0.2, 0.25) is 20.0 Å². The van der Waals surface area contributed by atoms with E-state index in [2.05, 4.69) is 10.6 Å². The number of fused-ring (bicyclic) bond motifs is 2. The van der Waals surface area contributed by atoms with Gasteiger partial charge in [0.25, 0.3) is 0 Å². The van der Waals surface area contributed by atoms with Crippen molar-refractivity contribution < 1.29 is 103 Å². The summed E-state index contributed by atoms with van der Waals surface area (Å²) < 4.78 is 142. The Kier molecular flexibility index (Phi) is 27.0. The highest BCUT2D eigenvalue weighted by Crippen LogP contribution is 2.43. The summed E-state index contributed by atoms with van der Waals surface area (Å²) >= 11 is 0. The second-order valence-electron chi connectivity index (χ2n) is 25.2. The molecule has 0 saturated carbocycles. The first-order valence-corrected chi connectivity index (χ1v) is 39.1. The van der Waals surface area contributed by atoms with Gasteiger partial charge in [-0.1, -0.05) is 70.2 Å². The Labute approximate surface area is 562 Å². The summed E-state index contributed by atoms with van der Waals surface area (Å²) in [6, 6.07) is 31.9. The molecule has 11 atom stereocenters. The number of hydrogen-bond donors (Lipinski definition) is 5. The zero-order valence-electron chi connectivity index (χ0n) is 55.2. The summed E-state index contributed by atoms with van der Waals surface area (Å²) in [4.78, 5) is 36.7. The lowest BCUT2D eigenvalue weighted by Crippen LogP contribution is -2.51. The van der Waals surface area contributed by atoms with Crippen LogP contribution in [0.4, 0.5) is 9.59 Å². The number of methoxy groups -OCH3 is 2. The fourth-order valence-electron chi connectivity index (χ4n) is 11.1. The molecule has 0 radical (unpaired) electrons. The van der Waals surface area contributed by atoms with Gasteiger partial charge >= 0.3 is 19.8 Å². The normalized spacial score (nSPS) is 21.2. The highest BCUT2D eigenvalue weighted by atomic mass is 32.2. The maximum Gasteiger partial charge on any atom is 0.413 e. The molecule has 0 aliphatic carbocycles. The van der Waals surface area contributed by atoms with Crippen molar-refractivity contribution in [3.8, 4) is 28.7 Å². The lowest BCUT2D eigenvalue weighted by Gasteiger charge is -2.31. The standard InChI is InChI=1S/C35H45N2O12PS.C31H45N2O10PS/c1-24(2)20-37(51(42,43)29-15-13-26(44-3)14-16-29)21-32(38)31(36-35(39)48-33-22-46-34-30(33)17-18-45-34)19-25-9-11-27(12-10-25)47-23-50(40,41)49-28-7-5-4-6-8-28;1-21(2)17-33(45(37,38)25-12-10-23(39-3)11-13-25)18-28(34)27(16-22-6-8-24(9-7-22)42-20-44(4,5)36)32-31(35)43-29-19-41-30-26(29)14-15-40-30/h4-16,24,30-34,38H,17-23H2,1-3H3,(H,36,39)(H,40,41);6-13,21,26-30,34H,14-20H2,1-5H3,(H,32,35)/t30-,31-,32+,33-,34+;26-,27-,28+,29-,30+/m00/s1. The van der Waals surface area contributed by atoms with Gasteiger partial charge < -0.3 is 82.2 Å². The Balaban J connectivity index is 0.000000248. The fraction of sp³-hybridized carbons (Fsp3) is 0.515. The summed E-state index contributed by atoms with van der Waals surface area (Å²) in [5.41, 5.74) is 1.41. The fourth-order valence-corrected chi connectivity index (χ4v) is 15.7. The third-order valence-electron chi connectivity index (χ3n) is 16.0. The smallest absolute Gasteiger partial charge is 0.413 e. The molecule has 5 N–H and O–H groups in total. The van der Waals surface area contributed by atoms with Crippen molar-refractivity contribution in [2.45, 2.75) is 112 Å². The van der Waals surface area contributed by atoms with Crippen LogP contribution in [-0.2, 0) is 70.4 Å². The van der Waals surface area contributed by atoms with Crippen LogP contribution in [0.2, 0.25) is 0 Å². The van der Waals surface area contributed by atoms with Crippen molar-refractivity contribution in [1.29, 1.82) is 0 Å². The summed E-state index contributed by atoms with van der Waals surface area (Å²) in [5, 5.41) is 28.7. The molecule has 5 aromatic rings. The maximum atomic E-state index is 13.8. The number of hydrogen-bond acceptors (Lipinski definition) is 21. The Morgan fingerprint density at radius 2 is 0.927 bits per heavy atom. The van der Waals surface area contributed by atoms with Crippen LogP contribution in [0.25, 0.3) is 0 Å². The topological polar surface area (TPSA) is 329 Å². The van der Waals surface area contributed by atoms with E-state index in [1.807, 2.05) is 27.7 Å². The minimum absolute atomic E-state index is 0.0341. The molecule has 528 valence electrons. The van der Waals surface area contributed by atoms with Gasteiger partial charge in [0.15, 0.2) is 18.9 Å². The molecular weight excluding hydrogens is 1330 g/mol. The van der Waals surface area contributed by atoms with Crippen LogP contribution in [0.3, 0.4) is 0 Å². The number of aliphatic hydroxyl groups excluding tert-OH is 2. The van der Waals surface area contributed by atoms with Crippen LogP contribution in [-0.4, -0.2) is 195 Å². The van der Waals surface area contributed by atoms with E-state index < -0.39 is 102 Å². The number of carbonyl (C=O) groups is 2. The first kappa shape index (κ1) is 75.4. The third-order valence-corrected chi connectivity index (χ3v) is 21.4. The van der Waals surface area contributed by atoms with Crippen molar-refractivity contribution in [2.24, 2.45) is 23.7 Å². The van der Waals surface area contributed by atoms with Gasteiger partial charge in [0.05, 0.1) is 86.6 Å². The number of carbonyl (C=O) groups excluding carboxylic acids is 2. The summed E-state index contributed by atoms with van der Waals surface area (Å²) in [6.07, 6.45) is -4.88. The van der Waals surface area contributed by atoms with Crippen molar-refractivity contribution >= 4 is 47.0 Å². The number of para-hydroxylation sites is 1. The number of alkyl carbamates (subject to hydrolysis) is 2. The molecule has 4 saturated heterocycles. The lowest BCUT2D eigenvalue weighted by atomic mass is 10.0. The Morgan fingerprint density at radius 3 is 1.30 bits per heavy atom. The van der Waals surface area contributed by atoms with Gasteiger partial charge in [-0.3, -0.25) is 0 Å². The van der Waals surface area contributed by atoms with E-state index in [1.54, 1.807) is 116 Å². The average Bonchev–Trinajstić information content (AvgIpc) is 1.31. The van der Waals surface area contributed by atoms with Gasteiger partial charge in [-0.15, -0.1) is 0 Å². The second-order valence-corrected chi connectivity index (χ2v) is 34.2. The van der Waals surface area contributed by atoms with E-state index in [4.69, 9.17) is 51.9 Å². The maximum absolute atomic E-state index is 13.8. The molecule has 4 aliphatic heterocycles. The minimum Gasteiger partial charge on any atom is -0.497 e. The van der Waals surface area contributed by atoms with Crippen molar-refractivity contribution in [3.05, 3.63) is 139 Å². The van der Waals surface area contributed by atoms with E-state index >= 15 is 0 Å². The number of nitrogens with one attached hydrogen (secondary N) is 2. The van der Waals surface area contributed by atoms with E-state index in [0.717, 1.165) is 5.56 Å². The summed E-state index contributed by atoms with van der Waals surface area (Å²) in [5.74, 6) is 1.79. The number of rotatable bonds is 32. The van der Waals surface area contributed by atoms with Crippen LogP contribution < -0.4 is 34.1 Å². The molecular formula is C66H90N4O22P2S2. The van der Waals surface area contributed by atoms with E-state index in [1.165, 1.54) is 47.1 Å². The molecule has 0 aromatic heterocycles. The molecule has 2 amide bonds. The molecule has 30 heteroatoms. The summed E-state index contributed by atoms with van der Waals surface area (Å²) in [6.45, 7) is 11.9. The van der Waals surface area contributed by atoms with Gasteiger partial charge in [0, 0.05) is 26.2 Å². The number of sulfonamides is 2. The van der Waals surface area contributed by atoms with Crippen LogP contribution in [0.15, 0.2) is 137 Å². The van der Waals surface area contributed by atoms with Gasteiger partial charge in [-0.2, -0.15) is 8.61 Å². The molecule has 26 nitrogen and oxygen atoms in total. The molecule has 96 heavy (non-hydrogen) atoms. The quantitative estimate of drug-likeness (QED) is 0.0253. The molecule has 1 unspecified atom stereocenters. The Morgan fingerprint density at radius 1 is 0.542 bits per heavy atom. The van der Waals surface area contributed by atoms with Crippen LogP contribution in [0, 0.1) is 23.7 Å².